The first kappa shape index (κ1) is 11.8. The van der Waals surface area contributed by atoms with Crippen molar-refractivity contribution in [2.45, 2.75) is 32.7 Å². The summed E-state index contributed by atoms with van der Waals surface area (Å²) in [6.45, 7) is 3.69. The molecule has 0 aliphatic carbocycles. The molecule has 0 saturated heterocycles. The molecule has 0 amide bonds. The molecular weight excluding hydrogens is 194 g/mol. The third-order valence-electron chi connectivity index (χ3n) is 2.16. The van der Waals surface area contributed by atoms with Crippen LogP contribution in [-0.2, 0) is 6.54 Å². The van der Waals surface area contributed by atoms with Gasteiger partial charge in [-0.1, -0.05) is 19.8 Å². The zero-order valence-corrected chi connectivity index (χ0v) is 8.95. The zero-order valence-electron chi connectivity index (χ0n) is 8.95. The first-order valence-electron chi connectivity index (χ1n) is 5.25. The van der Waals surface area contributed by atoms with E-state index in [1.165, 1.54) is 19.1 Å². The maximum absolute atomic E-state index is 10.5. The Morgan fingerprint density at radius 2 is 2.33 bits per heavy atom. The molecule has 0 radical (unpaired) electrons. The third kappa shape index (κ3) is 4.16. The molecule has 4 heteroatoms. The van der Waals surface area contributed by atoms with Gasteiger partial charge in [0.25, 0.3) is 0 Å². The average molecular weight is 211 g/mol. The van der Waals surface area contributed by atoms with Crippen molar-refractivity contribution in [3.05, 3.63) is 23.7 Å². The van der Waals surface area contributed by atoms with Crippen molar-refractivity contribution < 1.29 is 14.3 Å². The number of unbranched alkanes of at least 4 members (excludes halogenated alkanes) is 2. The number of rotatable bonds is 7. The Labute approximate surface area is 89.3 Å². The summed E-state index contributed by atoms with van der Waals surface area (Å²) in [5, 5.41) is 11.9. The minimum Gasteiger partial charge on any atom is -0.478 e. The summed E-state index contributed by atoms with van der Waals surface area (Å²) in [5.74, 6) is -0.278. The predicted molar refractivity (Wildman–Crippen MR) is 56.9 cm³/mol. The van der Waals surface area contributed by atoms with Crippen molar-refractivity contribution in [1.29, 1.82) is 0 Å². The van der Waals surface area contributed by atoms with Crippen molar-refractivity contribution in [3.63, 3.8) is 0 Å². The van der Waals surface area contributed by atoms with Gasteiger partial charge in [-0.05, 0) is 19.0 Å². The fourth-order valence-corrected chi connectivity index (χ4v) is 1.30. The van der Waals surface area contributed by atoms with Gasteiger partial charge < -0.3 is 14.8 Å². The van der Waals surface area contributed by atoms with Crippen LogP contribution in [0.4, 0.5) is 0 Å². The Bertz CT molecular complexity index is 307. The summed E-state index contributed by atoms with van der Waals surface area (Å²) in [6.07, 6.45) is 4.82. The van der Waals surface area contributed by atoms with Crippen molar-refractivity contribution in [2.75, 3.05) is 6.54 Å². The topological polar surface area (TPSA) is 62.5 Å². The second-order valence-corrected chi connectivity index (χ2v) is 3.49. The summed E-state index contributed by atoms with van der Waals surface area (Å²) in [6, 6.07) is 1.55. The number of aromatic carboxylic acids is 1. The molecule has 0 spiro atoms. The van der Waals surface area contributed by atoms with E-state index >= 15 is 0 Å². The van der Waals surface area contributed by atoms with Crippen molar-refractivity contribution in [2.24, 2.45) is 0 Å². The van der Waals surface area contributed by atoms with E-state index < -0.39 is 5.97 Å². The van der Waals surface area contributed by atoms with Crippen molar-refractivity contribution in [3.8, 4) is 0 Å². The van der Waals surface area contributed by atoms with E-state index in [0.29, 0.717) is 12.3 Å². The third-order valence-corrected chi connectivity index (χ3v) is 2.16. The second-order valence-electron chi connectivity index (χ2n) is 3.49. The molecule has 0 aliphatic rings. The van der Waals surface area contributed by atoms with E-state index in [2.05, 4.69) is 12.2 Å². The lowest BCUT2D eigenvalue weighted by molar-refractivity contribution is 0.0696. The summed E-state index contributed by atoms with van der Waals surface area (Å²) < 4.78 is 5.09. The highest BCUT2D eigenvalue weighted by Gasteiger charge is 2.07. The van der Waals surface area contributed by atoms with Crippen LogP contribution in [0, 0.1) is 0 Å². The molecule has 0 saturated carbocycles. The standard InChI is InChI=1S/C11H17NO3/c1-2-3-4-5-12-7-10-6-9(8-15-10)11(13)14/h6,8,12H,2-5,7H2,1H3,(H,13,14). The number of carboxylic acid groups (broad SMARTS) is 1. The van der Waals surface area contributed by atoms with Crippen LogP contribution >= 0.6 is 0 Å². The Kier molecular flexibility index (Phi) is 4.90. The fraction of sp³-hybridized carbons (Fsp3) is 0.545. The van der Waals surface area contributed by atoms with E-state index in [0.717, 1.165) is 13.0 Å². The van der Waals surface area contributed by atoms with Gasteiger partial charge in [0.1, 0.15) is 12.0 Å². The number of carboxylic acids is 1. The second kappa shape index (κ2) is 6.24. The molecule has 1 aromatic heterocycles. The molecule has 0 atom stereocenters. The largest absolute Gasteiger partial charge is 0.478 e. The molecule has 1 rings (SSSR count). The fourth-order valence-electron chi connectivity index (χ4n) is 1.30. The number of furan rings is 1. The lowest BCUT2D eigenvalue weighted by Gasteiger charge is -2.00. The first-order chi connectivity index (χ1) is 7.24. The molecule has 1 aromatic rings. The summed E-state index contributed by atoms with van der Waals surface area (Å²) >= 11 is 0. The normalized spacial score (nSPS) is 10.5. The van der Waals surface area contributed by atoms with E-state index in [-0.39, 0.29) is 5.56 Å². The molecule has 4 nitrogen and oxygen atoms in total. The average Bonchev–Trinajstić information content (AvgIpc) is 2.66. The number of carbonyl (C=O) groups is 1. The van der Waals surface area contributed by atoms with Crippen molar-refractivity contribution >= 4 is 5.97 Å². The van der Waals surface area contributed by atoms with Gasteiger partial charge in [0.15, 0.2) is 0 Å². The van der Waals surface area contributed by atoms with Crippen LogP contribution < -0.4 is 5.32 Å². The van der Waals surface area contributed by atoms with Crippen LogP contribution in [0.2, 0.25) is 0 Å². The number of nitrogens with one attached hydrogen (secondary N) is 1. The molecule has 0 aliphatic heterocycles. The molecule has 0 aromatic carbocycles. The quantitative estimate of drug-likeness (QED) is 0.679. The highest BCUT2D eigenvalue weighted by Crippen LogP contribution is 2.07. The van der Waals surface area contributed by atoms with Gasteiger partial charge in [-0.3, -0.25) is 0 Å². The van der Waals surface area contributed by atoms with E-state index in [4.69, 9.17) is 9.52 Å². The van der Waals surface area contributed by atoms with E-state index in [1.807, 2.05) is 0 Å². The molecule has 1 heterocycles. The molecule has 0 unspecified atom stereocenters. The summed E-state index contributed by atoms with van der Waals surface area (Å²) in [5.41, 5.74) is 0.209. The van der Waals surface area contributed by atoms with Gasteiger partial charge >= 0.3 is 5.97 Å². The Morgan fingerprint density at radius 3 is 2.93 bits per heavy atom. The van der Waals surface area contributed by atoms with Gasteiger partial charge in [-0.15, -0.1) is 0 Å². The van der Waals surface area contributed by atoms with Crippen LogP contribution in [0.25, 0.3) is 0 Å². The van der Waals surface area contributed by atoms with Gasteiger partial charge in [-0.25, -0.2) is 4.79 Å². The summed E-state index contributed by atoms with van der Waals surface area (Å²) in [7, 11) is 0. The van der Waals surface area contributed by atoms with Gasteiger partial charge in [-0.2, -0.15) is 0 Å². The molecule has 0 fully saturated rings. The highest BCUT2D eigenvalue weighted by molar-refractivity contribution is 5.87. The maximum Gasteiger partial charge on any atom is 0.338 e. The Morgan fingerprint density at radius 1 is 1.53 bits per heavy atom. The van der Waals surface area contributed by atoms with Gasteiger partial charge in [0.05, 0.1) is 12.1 Å². The monoisotopic (exact) mass is 211 g/mol. The number of hydrogen-bond donors (Lipinski definition) is 2. The van der Waals surface area contributed by atoms with Crippen molar-refractivity contribution in [1.82, 2.24) is 5.32 Å². The minimum absolute atomic E-state index is 0.209. The predicted octanol–water partition coefficient (Wildman–Crippen LogP) is 2.26. The van der Waals surface area contributed by atoms with E-state index in [1.54, 1.807) is 6.07 Å². The summed E-state index contributed by atoms with van der Waals surface area (Å²) in [4.78, 5) is 10.5. The maximum atomic E-state index is 10.5. The smallest absolute Gasteiger partial charge is 0.338 e. The van der Waals surface area contributed by atoms with E-state index in [9.17, 15) is 4.79 Å². The lowest BCUT2D eigenvalue weighted by atomic mass is 10.2. The molecule has 0 bridgehead atoms. The van der Waals surface area contributed by atoms with Gasteiger partial charge in [0.2, 0.25) is 0 Å². The molecule has 2 N–H and O–H groups in total. The van der Waals surface area contributed by atoms with Gasteiger partial charge in [0, 0.05) is 0 Å². The SMILES string of the molecule is CCCCCNCc1cc(C(=O)O)co1. The van der Waals surface area contributed by atoms with Crippen LogP contribution in [0.1, 0.15) is 42.3 Å². The number of hydrogen-bond acceptors (Lipinski definition) is 3. The molecular formula is C11H17NO3. The van der Waals surface area contributed by atoms with Crippen LogP contribution in [-0.4, -0.2) is 17.6 Å². The molecule has 84 valence electrons. The first-order valence-corrected chi connectivity index (χ1v) is 5.25. The Balaban J connectivity index is 2.23. The lowest BCUT2D eigenvalue weighted by Crippen LogP contribution is -2.14. The van der Waals surface area contributed by atoms with Crippen LogP contribution in [0.3, 0.4) is 0 Å². The zero-order chi connectivity index (χ0) is 11.1. The highest BCUT2D eigenvalue weighted by atomic mass is 16.4. The minimum atomic E-state index is -0.948. The Hall–Kier alpha value is -1.29. The molecule has 15 heavy (non-hydrogen) atoms. The van der Waals surface area contributed by atoms with Crippen LogP contribution in [0.5, 0.6) is 0 Å². The van der Waals surface area contributed by atoms with Crippen LogP contribution in [0.15, 0.2) is 16.7 Å².